The molecule has 4 rings (SSSR count). The van der Waals surface area contributed by atoms with E-state index < -0.39 is 40.0 Å². The standard InChI is InChI=1S/C24H23FN2O6S/c1-32-23(33-2)15-26(34(30,31)20-12-7-16-5-3-4-6-17(16)13-20)21-14-22(28)27(24(21)29)19-10-8-18(25)9-11-19/h3-13,21,23H,14-15H2,1-2H3. The fourth-order valence-electron chi connectivity index (χ4n) is 3.95. The van der Waals surface area contributed by atoms with E-state index in [0.717, 1.165) is 26.7 Å². The van der Waals surface area contributed by atoms with E-state index in [9.17, 15) is 22.4 Å². The molecule has 0 saturated carbocycles. The molecule has 8 nitrogen and oxygen atoms in total. The zero-order valence-corrected chi connectivity index (χ0v) is 19.4. The Hall–Kier alpha value is -3.18. The molecule has 0 aliphatic carbocycles. The summed E-state index contributed by atoms with van der Waals surface area (Å²) in [6, 6.07) is 15.5. The average Bonchev–Trinajstić information content (AvgIpc) is 3.13. The molecule has 0 bridgehead atoms. The van der Waals surface area contributed by atoms with E-state index in [1.54, 1.807) is 18.2 Å². The lowest BCUT2D eigenvalue weighted by molar-refractivity contribution is -0.125. The van der Waals surface area contributed by atoms with E-state index in [1.165, 1.54) is 38.5 Å². The van der Waals surface area contributed by atoms with Crippen molar-refractivity contribution in [1.82, 2.24) is 4.31 Å². The second-order valence-corrected chi connectivity index (χ2v) is 9.64. The number of anilines is 1. The van der Waals surface area contributed by atoms with Crippen LogP contribution in [-0.4, -0.2) is 57.6 Å². The molecule has 0 aromatic heterocycles. The summed E-state index contributed by atoms with van der Waals surface area (Å²) in [5.74, 6) is -1.85. The lowest BCUT2D eigenvalue weighted by Gasteiger charge is -2.29. The Bertz CT molecular complexity index is 1320. The van der Waals surface area contributed by atoms with Crippen molar-refractivity contribution in [3.8, 4) is 0 Å². The molecular formula is C24H23FN2O6S. The number of imide groups is 1. The van der Waals surface area contributed by atoms with Crippen molar-refractivity contribution in [1.29, 1.82) is 0 Å². The number of amides is 2. The molecule has 3 aromatic rings. The third-order valence-electron chi connectivity index (χ3n) is 5.74. The van der Waals surface area contributed by atoms with Gasteiger partial charge in [-0.1, -0.05) is 30.3 Å². The Balaban J connectivity index is 1.75. The number of hydrogen-bond donors (Lipinski definition) is 0. The first kappa shape index (κ1) is 24.0. The summed E-state index contributed by atoms with van der Waals surface area (Å²) in [6.45, 7) is -0.316. The first-order valence-corrected chi connectivity index (χ1v) is 11.9. The van der Waals surface area contributed by atoms with Crippen LogP contribution in [-0.2, 0) is 29.1 Å². The smallest absolute Gasteiger partial charge is 0.252 e. The minimum Gasteiger partial charge on any atom is -0.354 e. The Morgan fingerprint density at radius 2 is 1.65 bits per heavy atom. The molecule has 1 fully saturated rings. The number of benzene rings is 3. The van der Waals surface area contributed by atoms with Crippen molar-refractivity contribution in [3.63, 3.8) is 0 Å². The molecule has 0 radical (unpaired) electrons. The van der Waals surface area contributed by atoms with Gasteiger partial charge in [-0.2, -0.15) is 4.31 Å². The van der Waals surface area contributed by atoms with Crippen LogP contribution in [0.25, 0.3) is 10.8 Å². The Morgan fingerprint density at radius 1 is 1.00 bits per heavy atom. The van der Waals surface area contributed by atoms with Gasteiger partial charge in [0.05, 0.1) is 23.5 Å². The number of halogens is 1. The Labute approximate surface area is 196 Å². The molecule has 1 saturated heterocycles. The third-order valence-corrected chi connectivity index (χ3v) is 7.61. The lowest BCUT2D eigenvalue weighted by atomic mass is 10.1. The summed E-state index contributed by atoms with van der Waals surface area (Å²) in [4.78, 5) is 26.9. The summed E-state index contributed by atoms with van der Waals surface area (Å²) in [5, 5.41) is 1.56. The number of carbonyl (C=O) groups is 2. The molecule has 1 aliphatic rings. The molecule has 0 spiro atoms. The predicted molar refractivity (Wildman–Crippen MR) is 123 cm³/mol. The first-order chi connectivity index (χ1) is 16.3. The normalized spacial score (nSPS) is 16.9. The van der Waals surface area contributed by atoms with Gasteiger partial charge in [0.15, 0.2) is 6.29 Å². The molecule has 1 heterocycles. The van der Waals surface area contributed by atoms with E-state index in [-0.39, 0.29) is 23.5 Å². The average molecular weight is 487 g/mol. The first-order valence-electron chi connectivity index (χ1n) is 10.4. The molecule has 1 aliphatic heterocycles. The van der Waals surface area contributed by atoms with Gasteiger partial charge in [0.2, 0.25) is 15.9 Å². The van der Waals surface area contributed by atoms with Crippen LogP contribution < -0.4 is 4.90 Å². The molecule has 1 atom stereocenters. The molecule has 0 N–H and O–H groups in total. The minimum atomic E-state index is -4.25. The summed E-state index contributed by atoms with van der Waals surface area (Å²) < 4.78 is 52.2. The summed E-state index contributed by atoms with van der Waals surface area (Å²) in [7, 11) is -1.55. The maximum Gasteiger partial charge on any atom is 0.252 e. The quantitative estimate of drug-likeness (QED) is 0.359. The van der Waals surface area contributed by atoms with Crippen molar-refractivity contribution >= 4 is 38.3 Å². The predicted octanol–water partition coefficient (Wildman–Crippen LogP) is 2.92. The summed E-state index contributed by atoms with van der Waals surface area (Å²) >= 11 is 0. The third kappa shape index (κ3) is 4.45. The largest absolute Gasteiger partial charge is 0.354 e. The number of ether oxygens (including phenoxy) is 2. The molecule has 34 heavy (non-hydrogen) atoms. The lowest BCUT2D eigenvalue weighted by Crippen LogP contribution is -2.49. The van der Waals surface area contributed by atoms with E-state index in [0.29, 0.717) is 5.39 Å². The van der Waals surface area contributed by atoms with Crippen LogP contribution in [0, 0.1) is 5.82 Å². The van der Waals surface area contributed by atoms with Crippen molar-refractivity contribution in [2.24, 2.45) is 0 Å². The number of carbonyl (C=O) groups excluding carboxylic acids is 2. The maximum absolute atomic E-state index is 13.8. The fourth-order valence-corrected chi connectivity index (χ4v) is 5.56. The highest BCUT2D eigenvalue weighted by Gasteiger charge is 2.47. The number of sulfonamides is 1. The van der Waals surface area contributed by atoms with E-state index in [1.807, 2.05) is 12.1 Å². The summed E-state index contributed by atoms with van der Waals surface area (Å²) in [6.07, 6.45) is -1.35. The number of hydrogen-bond acceptors (Lipinski definition) is 6. The van der Waals surface area contributed by atoms with Crippen molar-refractivity contribution in [2.45, 2.75) is 23.6 Å². The number of rotatable bonds is 8. The zero-order chi connectivity index (χ0) is 24.5. The number of methoxy groups -OCH3 is 2. The molecule has 10 heteroatoms. The van der Waals surface area contributed by atoms with Gasteiger partial charge >= 0.3 is 0 Å². The topological polar surface area (TPSA) is 93.2 Å². The molecule has 2 amide bonds. The molecular weight excluding hydrogens is 463 g/mol. The maximum atomic E-state index is 13.8. The van der Waals surface area contributed by atoms with Crippen LogP contribution >= 0.6 is 0 Å². The monoisotopic (exact) mass is 486 g/mol. The molecule has 178 valence electrons. The van der Waals surface area contributed by atoms with Gasteiger partial charge in [-0.05, 0) is 47.2 Å². The van der Waals surface area contributed by atoms with Crippen LogP contribution in [0.15, 0.2) is 71.6 Å². The van der Waals surface area contributed by atoms with E-state index in [2.05, 4.69) is 0 Å². The fraction of sp³-hybridized carbons (Fsp3) is 0.250. The van der Waals surface area contributed by atoms with Gasteiger partial charge in [-0.15, -0.1) is 0 Å². The molecule has 1 unspecified atom stereocenters. The Morgan fingerprint density at radius 3 is 2.29 bits per heavy atom. The minimum absolute atomic E-state index is 0.0300. The van der Waals surface area contributed by atoms with Crippen LogP contribution in [0.3, 0.4) is 0 Å². The van der Waals surface area contributed by atoms with Crippen molar-refractivity contribution in [2.75, 3.05) is 25.7 Å². The van der Waals surface area contributed by atoms with Crippen LogP contribution in [0.2, 0.25) is 0 Å². The summed E-state index contributed by atoms with van der Waals surface area (Å²) in [5.41, 5.74) is 0.164. The van der Waals surface area contributed by atoms with Crippen LogP contribution in [0.1, 0.15) is 6.42 Å². The zero-order valence-electron chi connectivity index (χ0n) is 18.5. The van der Waals surface area contributed by atoms with Gasteiger partial charge in [0.1, 0.15) is 11.9 Å². The highest BCUT2D eigenvalue weighted by Crippen LogP contribution is 2.31. The van der Waals surface area contributed by atoms with Crippen LogP contribution in [0.5, 0.6) is 0 Å². The van der Waals surface area contributed by atoms with E-state index >= 15 is 0 Å². The second kappa shape index (κ2) is 9.59. The van der Waals surface area contributed by atoms with E-state index in [4.69, 9.17) is 9.47 Å². The van der Waals surface area contributed by atoms with Gasteiger partial charge < -0.3 is 9.47 Å². The van der Waals surface area contributed by atoms with Gasteiger partial charge in [0, 0.05) is 14.2 Å². The van der Waals surface area contributed by atoms with Crippen LogP contribution in [0.4, 0.5) is 10.1 Å². The Kier molecular flexibility index (Phi) is 6.76. The van der Waals surface area contributed by atoms with Crippen molar-refractivity contribution < 1.29 is 31.9 Å². The van der Waals surface area contributed by atoms with Gasteiger partial charge in [-0.25, -0.2) is 17.7 Å². The number of nitrogens with zero attached hydrogens (tertiary/aromatic N) is 2. The van der Waals surface area contributed by atoms with Gasteiger partial charge in [-0.3, -0.25) is 9.59 Å². The number of fused-ring (bicyclic) bond motifs is 1. The second-order valence-electron chi connectivity index (χ2n) is 7.75. The highest BCUT2D eigenvalue weighted by molar-refractivity contribution is 7.89. The highest BCUT2D eigenvalue weighted by atomic mass is 32.2. The van der Waals surface area contributed by atoms with Crippen molar-refractivity contribution in [3.05, 3.63) is 72.5 Å². The molecule has 3 aromatic carbocycles. The SMILES string of the molecule is COC(CN(C1CC(=O)N(c2ccc(F)cc2)C1=O)S(=O)(=O)c1ccc2ccccc2c1)OC. The van der Waals surface area contributed by atoms with Gasteiger partial charge in [0.25, 0.3) is 5.91 Å².